The second-order valence-corrected chi connectivity index (χ2v) is 5.78. The highest BCUT2D eigenvalue weighted by Crippen LogP contribution is 2.28. The number of carboxylic acids is 1. The largest absolute Gasteiger partial charge is 0.481 e. The fourth-order valence-corrected chi connectivity index (χ4v) is 2.82. The molecule has 1 unspecified atom stereocenters. The van der Waals surface area contributed by atoms with E-state index in [1.165, 1.54) is 0 Å². The Kier molecular flexibility index (Phi) is 4.91. The molecule has 2 N–H and O–H groups in total. The Hall–Kier alpha value is -2.66. The molecule has 5 heteroatoms. The second kappa shape index (κ2) is 7.27. The van der Waals surface area contributed by atoms with E-state index < -0.39 is 12.1 Å². The van der Waals surface area contributed by atoms with Crippen molar-refractivity contribution in [2.24, 2.45) is 0 Å². The van der Waals surface area contributed by atoms with Crippen LogP contribution in [-0.4, -0.2) is 23.6 Å². The van der Waals surface area contributed by atoms with Gasteiger partial charge < -0.3 is 15.2 Å². The minimum Gasteiger partial charge on any atom is -0.481 e. The Labute approximate surface area is 140 Å². The Morgan fingerprint density at radius 1 is 1.12 bits per heavy atom. The molecular weight excluding hydrogens is 306 g/mol. The molecule has 0 aliphatic carbocycles. The summed E-state index contributed by atoms with van der Waals surface area (Å²) in [5.74, 6) is -1.01. The summed E-state index contributed by atoms with van der Waals surface area (Å²) >= 11 is 0. The average molecular weight is 325 g/mol. The standard InChI is InChI=1S/C19H19NO4/c21-17(22)10-7-13-5-8-15(9-6-13)20-19(23)18-16-4-2-1-3-14(16)11-12-24-18/h1-6,8-9,18H,7,10-12H2,(H,20,23)(H,21,22). The van der Waals surface area contributed by atoms with Gasteiger partial charge in [-0.25, -0.2) is 0 Å². The van der Waals surface area contributed by atoms with E-state index >= 15 is 0 Å². The Bertz CT molecular complexity index is 739. The molecule has 2 aromatic carbocycles. The van der Waals surface area contributed by atoms with Crippen LogP contribution in [0.2, 0.25) is 0 Å². The van der Waals surface area contributed by atoms with Crippen molar-refractivity contribution in [3.8, 4) is 0 Å². The van der Waals surface area contributed by atoms with Gasteiger partial charge in [0, 0.05) is 12.1 Å². The van der Waals surface area contributed by atoms with Gasteiger partial charge in [0.25, 0.3) is 5.91 Å². The first-order valence-electron chi connectivity index (χ1n) is 7.94. The van der Waals surface area contributed by atoms with Gasteiger partial charge in [0.15, 0.2) is 6.10 Å². The fourth-order valence-electron chi connectivity index (χ4n) is 2.82. The minimum atomic E-state index is -0.819. The number of anilines is 1. The summed E-state index contributed by atoms with van der Waals surface area (Å²) in [5, 5.41) is 11.6. The lowest BCUT2D eigenvalue weighted by Gasteiger charge is -2.25. The molecule has 124 valence electrons. The van der Waals surface area contributed by atoms with E-state index in [0.717, 1.165) is 23.1 Å². The minimum absolute atomic E-state index is 0.0956. The van der Waals surface area contributed by atoms with E-state index in [9.17, 15) is 9.59 Å². The van der Waals surface area contributed by atoms with Gasteiger partial charge >= 0.3 is 5.97 Å². The third-order valence-electron chi connectivity index (χ3n) is 4.08. The lowest BCUT2D eigenvalue weighted by molar-refractivity contribution is -0.137. The fraction of sp³-hybridized carbons (Fsp3) is 0.263. The van der Waals surface area contributed by atoms with Gasteiger partial charge in [-0.2, -0.15) is 0 Å². The van der Waals surface area contributed by atoms with Crippen LogP contribution >= 0.6 is 0 Å². The summed E-state index contributed by atoms with van der Waals surface area (Å²) in [5.41, 5.74) is 3.66. The average Bonchev–Trinajstić information content (AvgIpc) is 2.60. The molecule has 1 amide bonds. The highest BCUT2D eigenvalue weighted by atomic mass is 16.5. The quantitative estimate of drug-likeness (QED) is 0.886. The van der Waals surface area contributed by atoms with E-state index in [0.29, 0.717) is 18.7 Å². The van der Waals surface area contributed by atoms with Crippen molar-refractivity contribution >= 4 is 17.6 Å². The van der Waals surface area contributed by atoms with E-state index in [-0.39, 0.29) is 12.3 Å². The summed E-state index contributed by atoms with van der Waals surface area (Å²) in [6.07, 6.45) is 0.792. The number of aliphatic carboxylic acids is 1. The van der Waals surface area contributed by atoms with Crippen molar-refractivity contribution < 1.29 is 19.4 Å². The molecule has 0 bridgehead atoms. The van der Waals surface area contributed by atoms with Gasteiger partial charge in [-0.05, 0) is 41.7 Å². The molecule has 5 nitrogen and oxygen atoms in total. The summed E-state index contributed by atoms with van der Waals surface area (Å²) in [7, 11) is 0. The Morgan fingerprint density at radius 2 is 1.88 bits per heavy atom. The van der Waals surface area contributed by atoms with E-state index in [2.05, 4.69) is 5.32 Å². The maximum Gasteiger partial charge on any atom is 0.303 e. The zero-order chi connectivity index (χ0) is 16.9. The highest BCUT2D eigenvalue weighted by molar-refractivity contribution is 5.95. The third-order valence-corrected chi connectivity index (χ3v) is 4.08. The number of hydrogen-bond donors (Lipinski definition) is 2. The van der Waals surface area contributed by atoms with Crippen LogP contribution in [0.25, 0.3) is 0 Å². The van der Waals surface area contributed by atoms with E-state index in [1.54, 1.807) is 12.1 Å². The van der Waals surface area contributed by atoms with Crippen molar-refractivity contribution in [2.45, 2.75) is 25.4 Å². The van der Waals surface area contributed by atoms with Crippen LogP contribution in [0.5, 0.6) is 0 Å². The Balaban J connectivity index is 1.66. The predicted octanol–water partition coefficient (Wildman–Crippen LogP) is 2.96. The van der Waals surface area contributed by atoms with Gasteiger partial charge in [-0.3, -0.25) is 9.59 Å². The molecule has 0 spiro atoms. The molecule has 0 radical (unpaired) electrons. The van der Waals surface area contributed by atoms with Crippen LogP contribution in [0.15, 0.2) is 48.5 Å². The summed E-state index contributed by atoms with van der Waals surface area (Å²) in [6.45, 7) is 0.531. The lowest BCUT2D eigenvalue weighted by Crippen LogP contribution is -2.28. The number of aryl methyl sites for hydroxylation is 1. The molecule has 1 heterocycles. The SMILES string of the molecule is O=C(O)CCc1ccc(NC(=O)C2OCCc3ccccc32)cc1. The number of nitrogens with one attached hydrogen (secondary N) is 1. The molecule has 0 aromatic heterocycles. The normalized spacial score (nSPS) is 16.2. The first kappa shape index (κ1) is 16.2. The number of benzene rings is 2. The maximum atomic E-state index is 12.5. The Morgan fingerprint density at radius 3 is 2.62 bits per heavy atom. The van der Waals surface area contributed by atoms with E-state index in [4.69, 9.17) is 9.84 Å². The molecule has 1 atom stereocenters. The number of carbonyl (C=O) groups is 2. The lowest BCUT2D eigenvalue weighted by atomic mass is 9.97. The van der Waals surface area contributed by atoms with Crippen molar-refractivity contribution in [1.29, 1.82) is 0 Å². The first-order chi connectivity index (χ1) is 11.6. The number of fused-ring (bicyclic) bond motifs is 1. The second-order valence-electron chi connectivity index (χ2n) is 5.78. The van der Waals surface area contributed by atoms with Crippen molar-refractivity contribution in [3.63, 3.8) is 0 Å². The number of carboxylic acid groups (broad SMARTS) is 1. The number of hydrogen-bond acceptors (Lipinski definition) is 3. The summed E-state index contributed by atoms with van der Waals surface area (Å²) in [4.78, 5) is 23.1. The van der Waals surface area contributed by atoms with Gasteiger partial charge in [0.2, 0.25) is 0 Å². The summed E-state index contributed by atoms with van der Waals surface area (Å²) in [6, 6.07) is 15.0. The molecule has 1 aliphatic heterocycles. The van der Waals surface area contributed by atoms with Crippen LogP contribution in [0.1, 0.15) is 29.2 Å². The van der Waals surface area contributed by atoms with Crippen LogP contribution in [0.4, 0.5) is 5.69 Å². The van der Waals surface area contributed by atoms with Gasteiger partial charge in [-0.1, -0.05) is 36.4 Å². The molecule has 0 fully saturated rings. The zero-order valence-electron chi connectivity index (χ0n) is 13.2. The van der Waals surface area contributed by atoms with Gasteiger partial charge in [0.05, 0.1) is 6.61 Å². The monoisotopic (exact) mass is 325 g/mol. The predicted molar refractivity (Wildman–Crippen MR) is 89.9 cm³/mol. The topological polar surface area (TPSA) is 75.6 Å². The smallest absolute Gasteiger partial charge is 0.303 e. The van der Waals surface area contributed by atoms with E-state index in [1.807, 2.05) is 36.4 Å². The molecule has 3 rings (SSSR count). The number of ether oxygens (including phenoxy) is 1. The number of rotatable bonds is 5. The van der Waals surface area contributed by atoms with Crippen molar-refractivity contribution in [2.75, 3.05) is 11.9 Å². The molecule has 1 aliphatic rings. The number of carbonyl (C=O) groups excluding carboxylic acids is 1. The maximum absolute atomic E-state index is 12.5. The molecule has 0 saturated carbocycles. The molecule has 24 heavy (non-hydrogen) atoms. The molecule has 2 aromatic rings. The number of amides is 1. The first-order valence-corrected chi connectivity index (χ1v) is 7.94. The van der Waals surface area contributed by atoms with Gasteiger partial charge in [0.1, 0.15) is 0 Å². The van der Waals surface area contributed by atoms with Gasteiger partial charge in [-0.15, -0.1) is 0 Å². The summed E-state index contributed by atoms with van der Waals surface area (Å²) < 4.78 is 5.65. The molecular formula is C19H19NO4. The van der Waals surface area contributed by atoms with Crippen LogP contribution in [-0.2, 0) is 27.2 Å². The van der Waals surface area contributed by atoms with Crippen LogP contribution < -0.4 is 5.32 Å². The molecule has 0 saturated heterocycles. The van der Waals surface area contributed by atoms with Crippen LogP contribution in [0, 0.1) is 0 Å². The third kappa shape index (κ3) is 3.81. The van der Waals surface area contributed by atoms with Crippen LogP contribution in [0.3, 0.4) is 0 Å². The zero-order valence-corrected chi connectivity index (χ0v) is 13.2. The van der Waals surface area contributed by atoms with Crippen molar-refractivity contribution in [3.05, 3.63) is 65.2 Å². The van der Waals surface area contributed by atoms with Crippen molar-refractivity contribution in [1.82, 2.24) is 0 Å². The highest BCUT2D eigenvalue weighted by Gasteiger charge is 2.27.